The van der Waals surface area contributed by atoms with Crippen molar-refractivity contribution in [3.63, 3.8) is 0 Å². The van der Waals surface area contributed by atoms with Crippen LogP contribution in [0.4, 0.5) is 11.4 Å². The van der Waals surface area contributed by atoms with Crippen LogP contribution in [0.3, 0.4) is 0 Å². The minimum absolute atomic E-state index is 0.00832. The van der Waals surface area contributed by atoms with Crippen molar-refractivity contribution in [2.24, 2.45) is 0 Å². The molecule has 0 aromatic heterocycles. The fourth-order valence-corrected chi connectivity index (χ4v) is 3.55. The van der Waals surface area contributed by atoms with Crippen LogP contribution in [0.2, 0.25) is 19.6 Å². The standard InChI is InChI=1S/C20H26N2O5Si/c1-5-26-20(23)15-19(16-10-9-13-18(14-16)22(24)25)21(27-28(2,3)4)17-11-7-6-8-12-17/h6-14,19H,5,15H2,1-4H3. The molecule has 0 spiro atoms. The molecular formula is C20H26N2O5Si. The highest BCUT2D eigenvalue weighted by Crippen LogP contribution is 2.33. The van der Waals surface area contributed by atoms with Crippen molar-refractivity contribution in [1.82, 2.24) is 0 Å². The van der Waals surface area contributed by atoms with Gasteiger partial charge in [0.15, 0.2) is 0 Å². The Kier molecular flexibility index (Phi) is 7.30. The maximum atomic E-state index is 12.3. The molecule has 28 heavy (non-hydrogen) atoms. The Bertz CT molecular complexity index is 808. The van der Waals surface area contributed by atoms with Gasteiger partial charge in [-0.25, -0.2) is 0 Å². The molecule has 0 amide bonds. The maximum Gasteiger partial charge on any atom is 0.308 e. The van der Waals surface area contributed by atoms with Gasteiger partial charge in [-0.05, 0) is 44.3 Å². The first-order chi connectivity index (χ1) is 13.2. The number of nitro benzene ring substituents is 1. The first-order valence-corrected chi connectivity index (χ1v) is 12.6. The summed E-state index contributed by atoms with van der Waals surface area (Å²) in [5, 5.41) is 12.9. The number of nitro groups is 1. The van der Waals surface area contributed by atoms with Crippen molar-refractivity contribution >= 4 is 25.7 Å². The summed E-state index contributed by atoms with van der Waals surface area (Å²) >= 11 is 0. The Balaban J connectivity index is 2.53. The van der Waals surface area contributed by atoms with Crippen molar-refractivity contribution in [1.29, 1.82) is 0 Å². The van der Waals surface area contributed by atoms with Crippen LogP contribution < -0.4 is 5.06 Å². The lowest BCUT2D eigenvalue weighted by atomic mass is 10.0. The number of benzene rings is 2. The molecule has 0 aliphatic heterocycles. The quantitative estimate of drug-likeness (QED) is 0.258. The number of ether oxygens (including phenoxy) is 1. The second kappa shape index (κ2) is 9.47. The fraction of sp³-hybridized carbons (Fsp3) is 0.350. The number of anilines is 1. The van der Waals surface area contributed by atoms with Crippen LogP contribution >= 0.6 is 0 Å². The molecule has 0 bridgehead atoms. The second-order valence-electron chi connectivity index (χ2n) is 7.24. The average molecular weight is 403 g/mol. The summed E-state index contributed by atoms with van der Waals surface area (Å²) in [5.41, 5.74) is 1.35. The Labute approximate surface area is 166 Å². The van der Waals surface area contributed by atoms with E-state index in [9.17, 15) is 14.9 Å². The molecule has 0 saturated heterocycles. The highest BCUT2D eigenvalue weighted by molar-refractivity contribution is 6.69. The highest BCUT2D eigenvalue weighted by Gasteiger charge is 2.31. The molecule has 0 radical (unpaired) electrons. The number of rotatable bonds is 9. The average Bonchev–Trinajstić information content (AvgIpc) is 2.65. The van der Waals surface area contributed by atoms with Gasteiger partial charge in [0.05, 0.1) is 29.7 Å². The predicted molar refractivity (Wildman–Crippen MR) is 110 cm³/mol. The number of hydroxylamine groups is 1. The molecular weight excluding hydrogens is 376 g/mol. The molecule has 0 aliphatic rings. The number of nitrogens with zero attached hydrogens (tertiary/aromatic N) is 2. The maximum absolute atomic E-state index is 12.3. The predicted octanol–water partition coefficient (Wildman–Crippen LogP) is 4.86. The van der Waals surface area contributed by atoms with Gasteiger partial charge in [0.2, 0.25) is 8.32 Å². The molecule has 0 aliphatic carbocycles. The molecule has 2 aromatic rings. The van der Waals surface area contributed by atoms with E-state index in [-0.39, 0.29) is 24.7 Å². The van der Waals surface area contributed by atoms with Gasteiger partial charge in [0.1, 0.15) is 0 Å². The van der Waals surface area contributed by atoms with Crippen LogP contribution in [0, 0.1) is 10.1 Å². The second-order valence-corrected chi connectivity index (χ2v) is 11.6. The number of carbonyl (C=O) groups is 1. The topological polar surface area (TPSA) is 81.9 Å². The monoisotopic (exact) mass is 402 g/mol. The van der Waals surface area contributed by atoms with Crippen molar-refractivity contribution in [2.75, 3.05) is 11.7 Å². The molecule has 2 rings (SSSR count). The lowest BCUT2D eigenvalue weighted by Crippen LogP contribution is -2.40. The normalized spacial score (nSPS) is 12.3. The molecule has 150 valence electrons. The zero-order valence-corrected chi connectivity index (χ0v) is 17.6. The van der Waals surface area contributed by atoms with Crippen molar-refractivity contribution in [2.45, 2.75) is 39.0 Å². The van der Waals surface area contributed by atoms with E-state index in [0.717, 1.165) is 5.69 Å². The van der Waals surface area contributed by atoms with Crippen LogP contribution in [0.1, 0.15) is 24.9 Å². The highest BCUT2D eigenvalue weighted by atomic mass is 28.4. The SMILES string of the molecule is CCOC(=O)CC(c1cccc([N+](=O)[O-])c1)N(O[Si](C)(C)C)c1ccccc1. The van der Waals surface area contributed by atoms with Crippen molar-refractivity contribution < 1.29 is 19.0 Å². The van der Waals surface area contributed by atoms with Crippen LogP contribution in [0.5, 0.6) is 0 Å². The molecule has 0 fully saturated rings. The van der Waals surface area contributed by atoms with Gasteiger partial charge in [-0.2, -0.15) is 0 Å². The van der Waals surface area contributed by atoms with E-state index in [1.165, 1.54) is 12.1 Å². The molecule has 2 aromatic carbocycles. The van der Waals surface area contributed by atoms with Gasteiger partial charge >= 0.3 is 5.97 Å². The summed E-state index contributed by atoms with van der Waals surface area (Å²) in [4.78, 5) is 23.1. The lowest BCUT2D eigenvalue weighted by molar-refractivity contribution is -0.384. The Morgan fingerprint density at radius 1 is 1.14 bits per heavy atom. The van der Waals surface area contributed by atoms with E-state index in [1.54, 1.807) is 24.1 Å². The third-order valence-corrected chi connectivity index (χ3v) is 4.54. The zero-order valence-electron chi connectivity index (χ0n) is 16.6. The lowest BCUT2D eigenvalue weighted by Gasteiger charge is -2.37. The number of carbonyl (C=O) groups excluding carboxylic acids is 1. The molecule has 1 unspecified atom stereocenters. The van der Waals surface area contributed by atoms with Crippen LogP contribution in [-0.2, 0) is 14.1 Å². The third-order valence-electron chi connectivity index (χ3n) is 3.80. The summed E-state index contributed by atoms with van der Waals surface area (Å²) < 4.78 is 11.5. The molecule has 0 N–H and O–H groups in total. The summed E-state index contributed by atoms with van der Waals surface area (Å²) in [7, 11) is -2.06. The largest absolute Gasteiger partial charge is 0.466 e. The summed E-state index contributed by atoms with van der Waals surface area (Å²) in [6.07, 6.45) is 0.00832. The number of hydrogen-bond acceptors (Lipinski definition) is 6. The number of esters is 1. The van der Waals surface area contributed by atoms with Gasteiger partial charge in [0, 0.05) is 12.1 Å². The van der Waals surface area contributed by atoms with E-state index in [1.807, 2.05) is 50.0 Å². The Morgan fingerprint density at radius 2 is 1.82 bits per heavy atom. The Morgan fingerprint density at radius 3 is 2.39 bits per heavy atom. The molecule has 8 heteroatoms. The van der Waals surface area contributed by atoms with Gasteiger partial charge in [0.25, 0.3) is 5.69 Å². The third kappa shape index (κ3) is 6.17. The zero-order chi connectivity index (χ0) is 20.7. The van der Waals surface area contributed by atoms with Crippen LogP contribution in [0.15, 0.2) is 54.6 Å². The summed E-state index contributed by atoms with van der Waals surface area (Å²) in [5.74, 6) is -0.390. The summed E-state index contributed by atoms with van der Waals surface area (Å²) in [6, 6.07) is 15.1. The van der Waals surface area contributed by atoms with E-state index in [2.05, 4.69) is 0 Å². The molecule has 1 atom stereocenters. The number of hydrogen-bond donors (Lipinski definition) is 0. The van der Waals surface area contributed by atoms with Gasteiger partial charge in [-0.1, -0.05) is 30.3 Å². The van der Waals surface area contributed by atoms with Crippen LogP contribution in [-0.4, -0.2) is 25.8 Å². The first-order valence-electron chi connectivity index (χ1n) is 9.14. The van der Waals surface area contributed by atoms with E-state index < -0.39 is 19.3 Å². The van der Waals surface area contributed by atoms with Crippen molar-refractivity contribution in [3.8, 4) is 0 Å². The smallest absolute Gasteiger partial charge is 0.308 e. The van der Waals surface area contributed by atoms with E-state index in [4.69, 9.17) is 9.26 Å². The van der Waals surface area contributed by atoms with Gasteiger partial charge in [-0.15, -0.1) is 0 Å². The molecule has 7 nitrogen and oxygen atoms in total. The minimum atomic E-state index is -2.06. The van der Waals surface area contributed by atoms with Gasteiger partial charge in [-0.3, -0.25) is 20.0 Å². The van der Waals surface area contributed by atoms with Gasteiger partial charge < -0.3 is 9.26 Å². The molecule has 0 saturated carbocycles. The van der Waals surface area contributed by atoms with E-state index >= 15 is 0 Å². The Hall–Kier alpha value is -2.71. The number of non-ortho nitro benzene ring substituents is 1. The van der Waals surface area contributed by atoms with Crippen LogP contribution in [0.25, 0.3) is 0 Å². The summed E-state index contributed by atoms with van der Waals surface area (Å²) in [6.45, 7) is 8.13. The minimum Gasteiger partial charge on any atom is -0.466 e. The first kappa shape index (κ1) is 21.6. The number of para-hydroxylation sites is 1. The van der Waals surface area contributed by atoms with E-state index in [0.29, 0.717) is 5.56 Å². The molecule has 0 heterocycles. The fourth-order valence-electron chi connectivity index (χ4n) is 2.73. The van der Waals surface area contributed by atoms with Crippen molar-refractivity contribution in [3.05, 3.63) is 70.3 Å².